The molecule has 0 radical (unpaired) electrons. The van der Waals surface area contributed by atoms with Crippen LogP contribution in [0.1, 0.15) is 30.4 Å². The fraction of sp³-hybridized carbons (Fsp3) is 0.538. The van der Waals surface area contributed by atoms with Crippen molar-refractivity contribution >= 4 is 15.9 Å². The van der Waals surface area contributed by atoms with Gasteiger partial charge in [0.1, 0.15) is 0 Å². The number of benzene rings is 1. The third-order valence-electron chi connectivity index (χ3n) is 3.35. The number of hydrogen-bond donors (Lipinski definition) is 0. The van der Waals surface area contributed by atoms with Crippen LogP contribution in [-0.2, 0) is 12.6 Å². The van der Waals surface area contributed by atoms with Crippen LogP contribution < -0.4 is 0 Å². The Morgan fingerprint density at radius 3 is 2.24 bits per heavy atom. The molecule has 2 unspecified atom stereocenters. The Hall–Kier alpha value is -0.510. The van der Waals surface area contributed by atoms with E-state index in [0.717, 1.165) is 18.4 Å². The molecule has 0 saturated heterocycles. The predicted octanol–water partition coefficient (Wildman–Crippen LogP) is 4.81. The first-order valence-corrected chi connectivity index (χ1v) is 6.68. The summed E-state index contributed by atoms with van der Waals surface area (Å²) in [6.07, 6.45) is 0.182. The van der Waals surface area contributed by atoms with E-state index in [2.05, 4.69) is 15.9 Å². The highest BCUT2D eigenvalue weighted by Crippen LogP contribution is 2.34. The van der Waals surface area contributed by atoms with E-state index in [1.54, 1.807) is 12.1 Å². The first-order chi connectivity index (χ1) is 7.97. The van der Waals surface area contributed by atoms with Crippen molar-refractivity contribution in [3.8, 4) is 0 Å². The highest BCUT2D eigenvalue weighted by Gasteiger charge is 2.30. The second-order valence-electron chi connectivity index (χ2n) is 4.61. The molecule has 0 nitrogen and oxygen atoms in total. The molecule has 0 aromatic heterocycles. The van der Waals surface area contributed by atoms with Crippen LogP contribution in [0.5, 0.6) is 0 Å². The van der Waals surface area contributed by atoms with Crippen molar-refractivity contribution in [1.29, 1.82) is 0 Å². The van der Waals surface area contributed by atoms with Crippen molar-refractivity contribution < 1.29 is 13.2 Å². The Balaban J connectivity index is 2.03. The maximum absolute atomic E-state index is 12.4. The maximum Gasteiger partial charge on any atom is 0.416 e. The maximum atomic E-state index is 12.4. The molecule has 0 amide bonds. The van der Waals surface area contributed by atoms with E-state index in [-0.39, 0.29) is 0 Å². The van der Waals surface area contributed by atoms with Crippen molar-refractivity contribution in [3.05, 3.63) is 35.4 Å². The largest absolute Gasteiger partial charge is 0.416 e. The Labute approximate surface area is 107 Å². The number of hydrogen-bond acceptors (Lipinski definition) is 0. The zero-order valence-corrected chi connectivity index (χ0v) is 10.9. The van der Waals surface area contributed by atoms with Crippen molar-refractivity contribution in [1.82, 2.24) is 0 Å². The summed E-state index contributed by atoms with van der Waals surface area (Å²) in [5.41, 5.74) is 0.428. The molecule has 17 heavy (non-hydrogen) atoms. The van der Waals surface area contributed by atoms with Crippen molar-refractivity contribution in [3.63, 3.8) is 0 Å². The van der Waals surface area contributed by atoms with Crippen LogP contribution in [0.3, 0.4) is 0 Å². The Kier molecular flexibility index (Phi) is 3.81. The molecular formula is C13H14BrF3. The summed E-state index contributed by atoms with van der Waals surface area (Å²) in [4.78, 5) is 0.518. The molecule has 0 heterocycles. The number of halogens is 4. The normalized spacial score (nSPS) is 25.2. The van der Waals surface area contributed by atoms with Crippen LogP contribution in [0.4, 0.5) is 13.2 Å². The first kappa shape index (κ1) is 12.9. The second kappa shape index (κ2) is 5.01. The van der Waals surface area contributed by atoms with Gasteiger partial charge in [-0.05, 0) is 42.9 Å². The SMILES string of the molecule is FC(F)(F)c1ccc(CC2CCCC2Br)cc1. The molecule has 1 saturated carbocycles. The van der Waals surface area contributed by atoms with E-state index in [0.29, 0.717) is 10.7 Å². The Morgan fingerprint density at radius 1 is 1.12 bits per heavy atom. The van der Waals surface area contributed by atoms with Gasteiger partial charge in [-0.3, -0.25) is 0 Å². The molecule has 94 valence electrons. The van der Waals surface area contributed by atoms with Crippen molar-refractivity contribution in [2.45, 2.75) is 36.7 Å². The molecule has 2 atom stereocenters. The Bertz CT molecular complexity index is 369. The fourth-order valence-electron chi connectivity index (χ4n) is 2.35. The minimum absolute atomic E-state index is 0.518. The lowest BCUT2D eigenvalue weighted by molar-refractivity contribution is -0.137. The van der Waals surface area contributed by atoms with Crippen LogP contribution in [0, 0.1) is 5.92 Å². The van der Waals surface area contributed by atoms with Gasteiger partial charge in [-0.2, -0.15) is 13.2 Å². The molecule has 2 rings (SSSR count). The van der Waals surface area contributed by atoms with Gasteiger partial charge in [-0.25, -0.2) is 0 Å². The highest BCUT2D eigenvalue weighted by atomic mass is 79.9. The standard InChI is InChI=1S/C13H14BrF3/c14-12-3-1-2-10(12)8-9-4-6-11(7-5-9)13(15,16)17/h4-7,10,12H,1-3,8H2. The molecule has 0 spiro atoms. The zero-order valence-electron chi connectivity index (χ0n) is 9.30. The van der Waals surface area contributed by atoms with E-state index in [9.17, 15) is 13.2 Å². The third-order valence-corrected chi connectivity index (χ3v) is 4.55. The molecule has 0 bridgehead atoms. The van der Waals surface area contributed by atoms with Gasteiger partial charge in [0.15, 0.2) is 0 Å². The molecule has 1 aliphatic carbocycles. The minimum atomic E-state index is -4.23. The van der Waals surface area contributed by atoms with Gasteiger partial charge in [0.2, 0.25) is 0 Å². The average Bonchev–Trinajstić information content (AvgIpc) is 2.64. The molecule has 1 aliphatic rings. The van der Waals surface area contributed by atoms with Crippen molar-refractivity contribution in [2.24, 2.45) is 5.92 Å². The quantitative estimate of drug-likeness (QED) is 0.688. The summed E-state index contributed by atoms with van der Waals surface area (Å²) < 4.78 is 37.1. The van der Waals surface area contributed by atoms with Crippen LogP contribution in [0.15, 0.2) is 24.3 Å². The predicted molar refractivity (Wildman–Crippen MR) is 65.2 cm³/mol. The smallest absolute Gasteiger partial charge is 0.166 e. The van der Waals surface area contributed by atoms with Gasteiger partial charge in [-0.1, -0.05) is 34.5 Å². The van der Waals surface area contributed by atoms with Gasteiger partial charge < -0.3 is 0 Å². The average molecular weight is 307 g/mol. The van der Waals surface area contributed by atoms with Gasteiger partial charge in [0.05, 0.1) is 5.56 Å². The topological polar surface area (TPSA) is 0 Å². The van der Waals surface area contributed by atoms with Crippen LogP contribution in [0.25, 0.3) is 0 Å². The molecule has 1 aromatic rings. The van der Waals surface area contributed by atoms with Crippen LogP contribution in [-0.4, -0.2) is 4.83 Å². The summed E-state index contributed by atoms with van der Waals surface area (Å²) in [7, 11) is 0. The molecule has 0 N–H and O–H groups in total. The lowest BCUT2D eigenvalue weighted by Gasteiger charge is -2.14. The third kappa shape index (κ3) is 3.24. The van der Waals surface area contributed by atoms with Gasteiger partial charge in [0.25, 0.3) is 0 Å². The Morgan fingerprint density at radius 2 is 1.76 bits per heavy atom. The van der Waals surface area contributed by atoms with Crippen LogP contribution >= 0.6 is 15.9 Å². The minimum Gasteiger partial charge on any atom is -0.166 e. The van der Waals surface area contributed by atoms with Crippen LogP contribution in [0.2, 0.25) is 0 Å². The summed E-state index contributed by atoms with van der Waals surface area (Å²) in [6, 6.07) is 5.54. The molecule has 4 heteroatoms. The summed E-state index contributed by atoms with van der Waals surface area (Å²) >= 11 is 3.63. The van der Waals surface area contributed by atoms with Gasteiger partial charge in [-0.15, -0.1) is 0 Å². The zero-order chi connectivity index (χ0) is 12.5. The second-order valence-corrected chi connectivity index (χ2v) is 5.78. The summed E-state index contributed by atoms with van der Waals surface area (Å²) in [6.45, 7) is 0. The van der Waals surface area contributed by atoms with E-state index in [4.69, 9.17) is 0 Å². The molecule has 0 aliphatic heterocycles. The number of alkyl halides is 4. The van der Waals surface area contributed by atoms with Crippen molar-refractivity contribution in [2.75, 3.05) is 0 Å². The molecular weight excluding hydrogens is 293 g/mol. The van der Waals surface area contributed by atoms with Gasteiger partial charge in [0, 0.05) is 4.83 Å². The van der Waals surface area contributed by atoms with E-state index in [1.807, 2.05) is 0 Å². The first-order valence-electron chi connectivity index (χ1n) is 5.77. The molecule has 1 fully saturated rings. The fourth-order valence-corrected chi connectivity index (χ4v) is 3.13. The lowest BCUT2D eigenvalue weighted by atomic mass is 9.97. The van der Waals surface area contributed by atoms with Gasteiger partial charge >= 0.3 is 6.18 Å². The van der Waals surface area contributed by atoms with E-state index >= 15 is 0 Å². The lowest BCUT2D eigenvalue weighted by Crippen LogP contribution is -2.10. The summed E-state index contributed by atoms with van der Waals surface area (Å²) in [5, 5.41) is 0. The monoisotopic (exact) mass is 306 g/mol. The highest BCUT2D eigenvalue weighted by molar-refractivity contribution is 9.09. The van der Waals surface area contributed by atoms with E-state index < -0.39 is 11.7 Å². The summed E-state index contributed by atoms with van der Waals surface area (Å²) in [5.74, 6) is 0.562. The van der Waals surface area contributed by atoms with E-state index in [1.165, 1.54) is 25.0 Å². The number of rotatable bonds is 2. The molecule has 1 aromatic carbocycles.